The molecular formula is C41H40Cl2N2O5. The second kappa shape index (κ2) is 15.9. The minimum absolute atomic E-state index is 0.0149. The smallest absolute Gasteiger partial charge is 0.245 e. The maximum absolute atomic E-state index is 12.2. The van der Waals surface area contributed by atoms with E-state index >= 15 is 0 Å². The average molecular weight is 712 g/mol. The number of hydrogen-bond acceptors (Lipinski definition) is 5. The summed E-state index contributed by atoms with van der Waals surface area (Å²) in [6.07, 6.45) is 5.49. The Morgan fingerprint density at radius 2 is 1.26 bits per heavy atom. The van der Waals surface area contributed by atoms with Gasteiger partial charge < -0.3 is 24.0 Å². The van der Waals surface area contributed by atoms with Crippen LogP contribution in [0.3, 0.4) is 0 Å². The third kappa shape index (κ3) is 7.85. The Balaban J connectivity index is 1.29. The molecule has 0 N–H and O–H groups in total. The predicted octanol–water partition coefficient (Wildman–Crippen LogP) is 9.11. The summed E-state index contributed by atoms with van der Waals surface area (Å²) < 4.78 is 19.0. The van der Waals surface area contributed by atoms with Crippen LogP contribution in [0, 0.1) is 0 Å². The molecule has 0 saturated carbocycles. The van der Waals surface area contributed by atoms with E-state index in [4.69, 9.17) is 37.4 Å². The molecule has 2 saturated heterocycles. The number of benzene rings is 4. The molecule has 258 valence electrons. The molecule has 0 radical (unpaired) electrons. The lowest BCUT2D eigenvalue weighted by atomic mass is 9.96. The molecule has 2 heterocycles. The fourth-order valence-corrected chi connectivity index (χ4v) is 7.09. The summed E-state index contributed by atoms with van der Waals surface area (Å²) in [6, 6.07) is 25.5. The number of hydrogen-bond donors (Lipinski definition) is 0. The molecule has 0 spiro atoms. The molecule has 0 bridgehead atoms. The summed E-state index contributed by atoms with van der Waals surface area (Å²) in [6.45, 7) is 9.67. The van der Waals surface area contributed by atoms with Crippen molar-refractivity contribution in [2.45, 2.75) is 37.9 Å². The second-order valence-corrected chi connectivity index (χ2v) is 13.3. The molecule has 2 amide bonds. The van der Waals surface area contributed by atoms with Crippen molar-refractivity contribution in [2.24, 2.45) is 0 Å². The van der Waals surface area contributed by atoms with Crippen molar-refractivity contribution in [3.63, 3.8) is 0 Å². The summed E-state index contributed by atoms with van der Waals surface area (Å²) in [5.74, 6) is 1.91. The topological polar surface area (TPSA) is 68.3 Å². The van der Waals surface area contributed by atoms with Gasteiger partial charge in [-0.3, -0.25) is 9.59 Å². The highest BCUT2D eigenvalue weighted by Crippen LogP contribution is 2.44. The quantitative estimate of drug-likeness (QED) is 0.154. The molecule has 2 aliphatic rings. The summed E-state index contributed by atoms with van der Waals surface area (Å²) in [4.78, 5) is 27.8. The van der Waals surface area contributed by atoms with Crippen LogP contribution in [0.2, 0.25) is 10.0 Å². The first-order valence-electron chi connectivity index (χ1n) is 16.8. The Bertz CT molecular complexity index is 1880. The molecule has 0 aromatic heterocycles. The van der Waals surface area contributed by atoms with Gasteiger partial charge >= 0.3 is 0 Å². The van der Waals surface area contributed by atoms with Gasteiger partial charge in [0.05, 0.1) is 7.11 Å². The van der Waals surface area contributed by atoms with Crippen LogP contribution < -0.4 is 14.2 Å². The molecule has 0 atom stereocenters. The molecule has 50 heavy (non-hydrogen) atoms. The van der Waals surface area contributed by atoms with Crippen molar-refractivity contribution in [3.05, 3.63) is 114 Å². The van der Waals surface area contributed by atoms with Crippen LogP contribution in [0.15, 0.2) is 104 Å². The van der Waals surface area contributed by atoms with Gasteiger partial charge in [0.1, 0.15) is 29.5 Å². The van der Waals surface area contributed by atoms with Gasteiger partial charge in [-0.1, -0.05) is 72.8 Å². The number of amides is 2. The molecule has 2 aliphatic heterocycles. The van der Waals surface area contributed by atoms with Crippen molar-refractivity contribution in [1.29, 1.82) is 0 Å². The lowest BCUT2D eigenvalue weighted by molar-refractivity contribution is -0.128. The van der Waals surface area contributed by atoms with Crippen LogP contribution in [0.5, 0.6) is 17.2 Å². The second-order valence-electron chi connectivity index (χ2n) is 12.4. The normalized spacial score (nSPS) is 15.3. The standard InChI is InChI=1S/C41H40Cl2N2O5/c1-4-40(46)44-19-15-29(16-20-44)49-31-12-14-36(42)35(24-31)32-13-11-28(23-38(32)48-3)34-25-37(43)33(27-9-7-6-8-10-27)26-39(34)50-30-17-21-45(22-18-30)41(47)5-2/h4-14,23-26,29-30H,1-2,15-22H2,3H3. The van der Waals surface area contributed by atoms with E-state index < -0.39 is 0 Å². The van der Waals surface area contributed by atoms with Crippen LogP contribution in [0.1, 0.15) is 25.7 Å². The highest BCUT2D eigenvalue weighted by molar-refractivity contribution is 6.34. The van der Waals surface area contributed by atoms with Crippen molar-refractivity contribution in [3.8, 4) is 50.6 Å². The maximum atomic E-state index is 12.2. The number of halogens is 2. The van der Waals surface area contributed by atoms with Crippen molar-refractivity contribution >= 4 is 35.0 Å². The molecule has 4 aromatic rings. The van der Waals surface area contributed by atoms with Gasteiger partial charge in [-0.05, 0) is 65.7 Å². The SMILES string of the molecule is C=CC(=O)N1CCC(Oc2ccc(Cl)c(-c3ccc(-c4cc(Cl)c(-c5ccccc5)cc4OC4CCN(C(=O)C=C)CC4)cc3OC)c2)CC1. The first-order chi connectivity index (χ1) is 24.3. The molecule has 0 aliphatic carbocycles. The van der Waals surface area contributed by atoms with Crippen molar-refractivity contribution in [2.75, 3.05) is 33.3 Å². The van der Waals surface area contributed by atoms with E-state index in [-0.39, 0.29) is 24.0 Å². The van der Waals surface area contributed by atoms with Crippen LogP contribution in [0.25, 0.3) is 33.4 Å². The number of methoxy groups -OCH3 is 1. The summed E-state index contributed by atoms with van der Waals surface area (Å²) in [5, 5.41) is 1.16. The van der Waals surface area contributed by atoms with Crippen molar-refractivity contribution < 1.29 is 23.8 Å². The van der Waals surface area contributed by atoms with E-state index in [1.807, 2.05) is 78.9 Å². The zero-order chi connectivity index (χ0) is 35.2. The molecule has 7 nitrogen and oxygen atoms in total. The van der Waals surface area contributed by atoms with E-state index in [1.54, 1.807) is 16.9 Å². The van der Waals surface area contributed by atoms with E-state index in [1.165, 1.54) is 12.2 Å². The van der Waals surface area contributed by atoms with Gasteiger partial charge in [0.15, 0.2) is 0 Å². The maximum Gasteiger partial charge on any atom is 0.245 e. The zero-order valence-electron chi connectivity index (χ0n) is 28.1. The first-order valence-corrected chi connectivity index (χ1v) is 17.6. The van der Waals surface area contributed by atoms with E-state index in [0.29, 0.717) is 66.3 Å². The number of carbonyl (C=O) groups is 2. The lowest BCUT2D eigenvalue weighted by Crippen LogP contribution is -2.41. The number of carbonyl (C=O) groups excluding carboxylic acids is 2. The number of likely N-dealkylation sites (tertiary alicyclic amines) is 2. The first kappa shape index (κ1) is 35.1. The predicted molar refractivity (Wildman–Crippen MR) is 200 cm³/mol. The minimum Gasteiger partial charge on any atom is -0.496 e. The van der Waals surface area contributed by atoms with Crippen molar-refractivity contribution in [1.82, 2.24) is 9.80 Å². The Labute approximate surface area is 303 Å². The fourth-order valence-electron chi connectivity index (χ4n) is 6.60. The van der Waals surface area contributed by atoms with Crippen LogP contribution >= 0.6 is 23.2 Å². The van der Waals surface area contributed by atoms with E-state index in [2.05, 4.69) is 13.2 Å². The van der Waals surface area contributed by atoms with Crippen LogP contribution in [0.4, 0.5) is 0 Å². The number of rotatable bonds is 10. The largest absolute Gasteiger partial charge is 0.496 e. The van der Waals surface area contributed by atoms with Gasteiger partial charge in [-0.15, -0.1) is 0 Å². The zero-order valence-corrected chi connectivity index (χ0v) is 29.6. The third-order valence-corrected chi connectivity index (χ3v) is 9.99. The fraction of sp³-hybridized carbons (Fsp3) is 0.268. The molecule has 9 heteroatoms. The average Bonchev–Trinajstić information content (AvgIpc) is 3.16. The molecular weight excluding hydrogens is 671 g/mol. The molecule has 2 fully saturated rings. The highest BCUT2D eigenvalue weighted by atomic mass is 35.5. The highest BCUT2D eigenvalue weighted by Gasteiger charge is 2.26. The Morgan fingerprint density at radius 3 is 1.86 bits per heavy atom. The number of piperidine rings is 2. The van der Waals surface area contributed by atoms with Gasteiger partial charge in [-0.25, -0.2) is 0 Å². The van der Waals surface area contributed by atoms with Crippen LogP contribution in [-0.2, 0) is 9.59 Å². The summed E-state index contributed by atoms with van der Waals surface area (Å²) >= 11 is 13.7. The summed E-state index contributed by atoms with van der Waals surface area (Å²) in [7, 11) is 1.64. The van der Waals surface area contributed by atoms with Gasteiger partial charge in [0.25, 0.3) is 0 Å². The minimum atomic E-state index is -0.0789. The van der Waals surface area contributed by atoms with Gasteiger partial charge in [0.2, 0.25) is 11.8 Å². The Morgan fingerprint density at radius 1 is 0.640 bits per heavy atom. The number of ether oxygens (including phenoxy) is 3. The third-order valence-electron chi connectivity index (χ3n) is 9.35. The molecule has 6 rings (SSSR count). The Hall–Kier alpha value is -4.72. The Kier molecular flexibility index (Phi) is 11.2. The molecule has 4 aromatic carbocycles. The number of nitrogens with zero attached hydrogens (tertiary/aromatic N) is 2. The lowest BCUT2D eigenvalue weighted by Gasteiger charge is -2.32. The van der Waals surface area contributed by atoms with Crippen LogP contribution in [-0.4, -0.2) is 67.1 Å². The van der Waals surface area contributed by atoms with E-state index in [0.717, 1.165) is 46.2 Å². The monoisotopic (exact) mass is 710 g/mol. The van der Waals surface area contributed by atoms with Gasteiger partial charge in [0, 0.05) is 84.2 Å². The summed E-state index contributed by atoms with van der Waals surface area (Å²) in [5.41, 5.74) is 5.14. The van der Waals surface area contributed by atoms with Gasteiger partial charge in [-0.2, -0.15) is 0 Å². The molecule has 0 unspecified atom stereocenters. The van der Waals surface area contributed by atoms with E-state index in [9.17, 15) is 9.59 Å².